The fourth-order valence-corrected chi connectivity index (χ4v) is 3.31. The van der Waals surface area contributed by atoms with Crippen LogP contribution in [0.15, 0.2) is 6.07 Å². The minimum Gasteiger partial charge on any atom is -0.306 e. The van der Waals surface area contributed by atoms with Crippen molar-refractivity contribution in [3.05, 3.63) is 20.8 Å². The van der Waals surface area contributed by atoms with E-state index in [1.165, 1.54) is 29.7 Å². The highest BCUT2D eigenvalue weighted by Crippen LogP contribution is 2.33. The summed E-state index contributed by atoms with van der Waals surface area (Å²) in [5.41, 5.74) is 1.48. The molecular weight excluding hydrogens is 202 g/mol. The molecule has 2 rings (SSSR count). The van der Waals surface area contributed by atoms with Gasteiger partial charge in [0.1, 0.15) is 0 Å². The molecule has 0 aliphatic heterocycles. The van der Waals surface area contributed by atoms with Gasteiger partial charge in [-0.3, -0.25) is 0 Å². The number of rotatable bonds is 1. The molecule has 1 aromatic rings. The van der Waals surface area contributed by atoms with Gasteiger partial charge in [-0.1, -0.05) is 11.6 Å². The molecule has 1 nitrogen and oxygen atoms in total. The molecule has 1 aliphatic carbocycles. The van der Waals surface area contributed by atoms with E-state index in [9.17, 15) is 0 Å². The maximum Gasteiger partial charge on any atom is 0.0934 e. The maximum atomic E-state index is 5.98. The summed E-state index contributed by atoms with van der Waals surface area (Å²) in [5.74, 6) is 0. The molecule has 1 atom stereocenters. The van der Waals surface area contributed by atoms with Gasteiger partial charge in [-0.2, -0.15) is 0 Å². The first kappa shape index (κ1) is 9.50. The second-order valence-corrected chi connectivity index (χ2v) is 5.63. The summed E-state index contributed by atoms with van der Waals surface area (Å²) < 4.78 is 0.949. The van der Waals surface area contributed by atoms with Crippen molar-refractivity contribution in [3.8, 4) is 0 Å². The Kier molecular flexibility index (Phi) is 2.63. The predicted molar refractivity (Wildman–Crippen MR) is 58.8 cm³/mol. The van der Waals surface area contributed by atoms with Crippen molar-refractivity contribution in [1.82, 2.24) is 4.90 Å². The molecule has 0 saturated heterocycles. The zero-order chi connectivity index (χ0) is 9.42. The highest BCUT2D eigenvalue weighted by atomic mass is 35.5. The van der Waals surface area contributed by atoms with E-state index in [2.05, 4.69) is 25.1 Å². The van der Waals surface area contributed by atoms with Crippen LogP contribution in [0.1, 0.15) is 16.9 Å². The van der Waals surface area contributed by atoms with Gasteiger partial charge in [-0.25, -0.2) is 0 Å². The third kappa shape index (κ3) is 1.90. The van der Waals surface area contributed by atoms with Crippen molar-refractivity contribution in [2.45, 2.75) is 25.3 Å². The van der Waals surface area contributed by atoms with E-state index in [0.717, 1.165) is 4.34 Å². The third-order valence-electron chi connectivity index (χ3n) is 2.76. The second kappa shape index (κ2) is 3.60. The lowest BCUT2D eigenvalue weighted by molar-refractivity contribution is 0.270. The Morgan fingerprint density at radius 1 is 1.54 bits per heavy atom. The molecule has 0 saturated carbocycles. The summed E-state index contributed by atoms with van der Waals surface area (Å²) in [4.78, 5) is 3.81. The molecule has 0 amide bonds. The predicted octanol–water partition coefficient (Wildman–Crippen LogP) is 2.82. The summed E-state index contributed by atoms with van der Waals surface area (Å²) in [6.07, 6.45) is 3.65. The van der Waals surface area contributed by atoms with Gasteiger partial charge >= 0.3 is 0 Å². The molecule has 3 heteroatoms. The number of halogens is 1. The van der Waals surface area contributed by atoms with E-state index in [1.807, 2.05) is 0 Å². The summed E-state index contributed by atoms with van der Waals surface area (Å²) in [6.45, 7) is 0. The minimum atomic E-state index is 0.710. The summed E-state index contributed by atoms with van der Waals surface area (Å²) in [7, 11) is 4.32. The fraction of sp³-hybridized carbons (Fsp3) is 0.600. The van der Waals surface area contributed by atoms with Crippen molar-refractivity contribution in [2.75, 3.05) is 14.1 Å². The molecule has 72 valence electrons. The van der Waals surface area contributed by atoms with Crippen LogP contribution in [0.25, 0.3) is 0 Å². The topological polar surface area (TPSA) is 3.24 Å². The van der Waals surface area contributed by atoms with Gasteiger partial charge in [0.2, 0.25) is 0 Å². The fourth-order valence-electron chi connectivity index (χ4n) is 1.89. The molecule has 0 spiro atoms. The van der Waals surface area contributed by atoms with Crippen LogP contribution in [0.3, 0.4) is 0 Å². The third-order valence-corrected chi connectivity index (χ3v) is 4.09. The average Bonchev–Trinajstić information content (AvgIpc) is 2.42. The first-order valence-electron chi connectivity index (χ1n) is 4.60. The van der Waals surface area contributed by atoms with Gasteiger partial charge < -0.3 is 4.90 Å². The second-order valence-electron chi connectivity index (χ2n) is 3.86. The van der Waals surface area contributed by atoms with E-state index >= 15 is 0 Å². The van der Waals surface area contributed by atoms with Gasteiger partial charge in [0, 0.05) is 10.9 Å². The van der Waals surface area contributed by atoms with Crippen molar-refractivity contribution in [1.29, 1.82) is 0 Å². The SMILES string of the molecule is CN(C)C1CCc2cc(Cl)sc2C1. The Hall–Kier alpha value is -0.0500. The lowest BCUT2D eigenvalue weighted by Gasteiger charge is -2.27. The van der Waals surface area contributed by atoms with E-state index in [4.69, 9.17) is 11.6 Å². The van der Waals surface area contributed by atoms with Crippen LogP contribution in [0.5, 0.6) is 0 Å². The number of hydrogen-bond acceptors (Lipinski definition) is 2. The first-order valence-corrected chi connectivity index (χ1v) is 5.80. The van der Waals surface area contributed by atoms with Crippen LogP contribution in [0.2, 0.25) is 4.34 Å². The van der Waals surface area contributed by atoms with Gasteiger partial charge in [0.15, 0.2) is 0 Å². The molecule has 0 fully saturated rings. The monoisotopic (exact) mass is 215 g/mol. The lowest BCUT2D eigenvalue weighted by atomic mass is 9.94. The first-order chi connectivity index (χ1) is 6.16. The molecule has 13 heavy (non-hydrogen) atoms. The minimum absolute atomic E-state index is 0.710. The van der Waals surface area contributed by atoms with Crippen molar-refractivity contribution in [3.63, 3.8) is 0 Å². The number of likely N-dealkylation sites (N-methyl/N-ethyl adjacent to an activating group) is 1. The Morgan fingerprint density at radius 2 is 2.31 bits per heavy atom. The standard InChI is InChI=1S/C10H14ClNS/c1-12(2)8-4-3-7-5-10(11)13-9(7)6-8/h5,8H,3-4,6H2,1-2H3. The molecule has 1 aromatic heterocycles. The van der Waals surface area contributed by atoms with Crippen LogP contribution in [0, 0.1) is 0 Å². The molecule has 1 unspecified atom stereocenters. The van der Waals surface area contributed by atoms with Crippen LogP contribution in [-0.4, -0.2) is 25.0 Å². The van der Waals surface area contributed by atoms with Crippen LogP contribution < -0.4 is 0 Å². The molecule has 1 aliphatic rings. The Labute approximate surface area is 88.3 Å². The molecule has 0 radical (unpaired) electrons. The van der Waals surface area contributed by atoms with Gasteiger partial charge in [-0.15, -0.1) is 11.3 Å². The maximum absolute atomic E-state index is 5.98. The summed E-state index contributed by atoms with van der Waals surface area (Å²) in [5, 5.41) is 0. The van der Waals surface area contributed by atoms with Crippen LogP contribution in [-0.2, 0) is 12.8 Å². The number of nitrogens with zero attached hydrogens (tertiary/aromatic N) is 1. The van der Waals surface area contributed by atoms with Gasteiger partial charge in [0.25, 0.3) is 0 Å². The van der Waals surface area contributed by atoms with Crippen LogP contribution >= 0.6 is 22.9 Å². The van der Waals surface area contributed by atoms with Crippen molar-refractivity contribution >= 4 is 22.9 Å². The molecule has 0 bridgehead atoms. The summed E-state index contributed by atoms with van der Waals surface area (Å²) in [6, 6.07) is 2.84. The zero-order valence-electron chi connectivity index (χ0n) is 8.01. The number of aryl methyl sites for hydroxylation is 1. The lowest BCUT2D eigenvalue weighted by Crippen LogP contribution is -2.32. The summed E-state index contributed by atoms with van der Waals surface area (Å²) >= 11 is 7.73. The zero-order valence-corrected chi connectivity index (χ0v) is 9.58. The highest BCUT2D eigenvalue weighted by Gasteiger charge is 2.21. The van der Waals surface area contributed by atoms with Crippen LogP contribution in [0.4, 0.5) is 0 Å². The largest absolute Gasteiger partial charge is 0.306 e. The number of thiophene rings is 1. The number of fused-ring (bicyclic) bond motifs is 1. The van der Waals surface area contributed by atoms with E-state index in [0.29, 0.717) is 6.04 Å². The Morgan fingerprint density at radius 3 is 3.00 bits per heavy atom. The Bertz CT molecular complexity index is 306. The highest BCUT2D eigenvalue weighted by molar-refractivity contribution is 7.16. The number of hydrogen-bond donors (Lipinski definition) is 0. The normalized spacial score (nSPS) is 22.0. The molecular formula is C10H14ClNS. The van der Waals surface area contributed by atoms with Gasteiger partial charge in [-0.05, 0) is 45.0 Å². The van der Waals surface area contributed by atoms with E-state index in [-0.39, 0.29) is 0 Å². The average molecular weight is 216 g/mol. The van der Waals surface area contributed by atoms with Gasteiger partial charge in [0.05, 0.1) is 4.34 Å². The van der Waals surface area contributed by atoms with Crippen molar-refractivity contribution in [2.24, 2.45) is 0 Å². The van der Waals surface area contributed by atoms with Crippen molar-refractivity contribution < 1.29 is 0 Å². The molecule has 0 N–H and O–H groups in total. The quantitative estimate of drug-likeness (QED) is 0.697. The Balaban J connectivity index is 2.19. The molecule has 0 aromatic carbocycles. The van der Waals surface area contributed by atoms with E-state index < -0.39 is 0 Å². The smallest absolute Gasteiger partial charge is 0.0934 e. The van der Waals surface area contributed by atoms with E-state index in [1.54, 1.807) is 11.3 Å². The molecule has 1 heterocycles.